The molecule has 2 rings (SSSR count). The minimum Gasteiger partial charge on any atom is -0.492 e. The number of benzene rings is 1. The van der Waals surface area contributed by atoms with E-state index in [0.717, 1.165) is 11.0 Å². The van der Waals surface area contributed by atoms with Gasteiger partial charge in [-0.2, -0.15) is 0 Å². The third-order valence-electron chi connectivity index (χ3n) is 2.06. The van der Waals surface area contributed by atoms with Crippen molar-refractivity contribution >= 4 is 22.6 Å². The van der Waals surface area contributed by atoms with Gasteiger partial charge in [0.05, 0.1) is 19.0 Å². The highest BCUT2D eigenvalue weighted by atomic mass is 35.5. The van der Waals surface area contributed by atoms with Gasteiger partial charge in [-0.3, -0.25) is 0 Å². The zero-order chi connectivity index (χ0) is 10.1. The molecule has 14 heavy (non-hydrogen) atoms. The van der Waals surface area contributed by atoms with Crippen molar-refractivity contribution in [3.05, 3.63) is 29.0 Å². The van der Waals surface area contributed by atoms with Gasteiger partial charge in [-0.1, -0.05) is 11.6 Å². The normalized spacial score (nSPS) is 10.8. The van der Waals surface area contributed by atoms with E-state index in [1.165, 1.54) is 0 Å². The minimum absolute atomic E-state index is 0.315. The fraction of sp³-hybridized carbons (Fsp3) is 0.200. The number of rotatable bonds is 2. The van der Waals surface area contributed by atoms with E-state index < -0.39 is 0 Å². The van der Waals surface area contributed by atoms with Gasteiger partial charge >= 0.3 is 0 Å². The third kappa shape index (κ3) is 1.35. The molecule has 4 heteroatoms. The predicted molar refractivity (Wildman–Crippen MR) is 55.7 cm³/mol. The van der Waals surface area contributed by atoms with Crippen LogP contribution in [0.5, 0.6) is 5.75 Å². The summed E-state index contributed by atoms with van der Waals surface area (Å²) >= 11 is 5.87. The van der Waals surface area contributed by atoms with Crippen LogP contribution in [0.4, 0.5) is 0 Å². The second-order valence-corrected chi connectivity index (χ2v) is 3.34. The number of furan rings is 1. The van der Waals surface area contributed by atoms with Crippen LogP contribution >= 0.6 is 11.6 Å². The molecule has 0 spiro atoms. The lowest BCUT2D eigenvalue weighted by molar-refractivity contribution is 0.397. The first kappa shape index (κ1) is 9.37. The van der Waals surface area contributed by atoms with Crippen LogP contribution in [0.15, 0.2) is 22.6 Å². The van der Waals surface area contributed by atoms with Crippen LogP contribution in [0.25, 0.3) is 11.0 Å². The van der Waals surface area contributed by atoms with Crippen LogP contribution in [-0.4, -0.2) is 7.11 Å². The van der Waals surface area contributed by atoms with Gasteiger partial charge in [0, 0.05) is 5.02 Å². The number of ether oxygens (including phenoxy) is 1. The third-order valence-corrected chi connectivity index (χ3v) is 2.30. The Labute approximate surface area is 86.4 Å². The minimum atomic E-state index is 0.315. The van der Waals surface area contributed by atoms with Crippen molar-refractivity contribution in [2.45, 2.75) is 6.54 Å². The molecule has 2 N–H and O–H groups in total. The van der Waals surface area contributed by atoms with Gasteiger partial charge < -0.3 is 14.9 Å². The molecule has 0 aliphatic carbocycles. The van der Waals surface area contributed by atoms with Crippen molar-refractivity contribution < 1.29 is 9.15 Å². The van der Waals surface area contributed by atoms with Crippen molar-refractivity contribution in [1.82, 2.24) is 0 Å². The summed E-state index contributed by atoms with van der Waals surface area (Å²) < 4.78 is 10.7. The Morgan fingerprint density at radius 1 is 1.50 bits per heavy atom. The zero-order valence-electron chi connectivity index (χ0n) is 7.71. The number of methoxy groups -OCH3 is 1. The van der Waals surface area contributed by atoms with Crippen LogP contribution in [0, 0.1) is 0 Å². The Bertz CT molecular complexity index is 464. The molecule has 0 saturated carbocycles. The van der Waals surface area contributed by atoms with Crippen LogP contribution in [0.3, 0.4) is 0 Å². The summed E-state index contributed by atoms with van der Waals surface area (Å²) in [6.45, 7) is 0.315. The smallest absolute Gasteiger partial charge is 0.169 e. The molecule has 0 aliphatic heterocycles. The first-order chi connectivity index (χ1) is 6.76. The van der Waals surface area contributed by atoms with Crippen molar-refractivity contribution in [2.24, 2.45) is 5.73 Å². The Morgan fingerprint density at radius 3 is 2.93 bits per heavy atom. The molecule has 3 nitrogen and oxygen atoms in total. The average molecular weight is 212 g/mol. The highest BCUT2D eigenvalue weighted by Gasteiger charge is 2.13. The topological polar surface area (TPSA) is 48.4 Å². The quantitative estimate of drug-likeness (QED) is 0.831. The monoisotopic (exact) mass is 211 g/mol. The van der Waals surface area contributed by atoms with Crippen LogP contribution in [0.2, 0.25) is 5.02 Å². The molecule has 74 valence electrons. The van der Waals surface area contributed by atoms with Gasteiger partial charge in [-0.25, -0.2) is 0 Å². The molecule has 2 aromatic rings. The van der Waals surface area contributed by atoms with Gasteiger partial charge in [0.25, 0.3) is 0 Å². The SMILES string of the molecule is COc1c(CN)oc2ccc(Cl)cc12. The van der Waals surface area contributed by atoms with Crippen molar-refractivity contribution in [3.8, 4) is 5.75 Å². The Balaban J connectivity index is 2.74. The van der Waals surface area contributed by atoms with E-state index in [1.807, 2.05) is 0 Å². The lowest BCUT2D eigenvalue weighted by Gasteiger charge is -1.97. The van der Waals surface area contributed by atoms with E-state index in [1.54, 1.807) is 25.3 Å². The molecule has 0 aliphatic rings. The molecular weight excluding hydrogens is 202 g/mol. The summed E-state index contributed by atoms with van der Waals surface area (Å²) in [6.07, 6.45) is 0. The molecule has 0 radical (unpaired) electrons. The van der Waals surface area contributed by atoms with Gasteiger partial charge in [0.2, 0.25) is 0 Å². The van der Waals surface area contributed by atoms with Crippen molar-refractivity contribution in [3.63, 3.8) is 0 Å². The summed E-state index contributed by atoms with van der Waals surface area (Å²) in [6, 6.07) is 5.38. The highest BCUT2D eigenvalue weighted by molar-refractivity contribution is 6.31. The molecule has 0 bridgehead atoms. The maximum Gasteiger partial charge on any atom is 0.169 e. The molecule has 0 fully saturated rings. The number of hydrogen-bond acceptors (Lipinski definition) is 3. The van der Waals surface area contributed by atoms with Crippen molar-refractivity contribution in [1.29, 1.82) is 0 Å². The highest BCUT2D eigenvalue weighted by Crippen LogP contribution is 2.34. The summed E-state index contributed by atoms with van der Waals surface area (Å²) in [5.41, 5.74) is 6.26. The van der Waals surface area contributed by atoms with Gasteiger partial charge in [-0.05, 0) is 18.2 Å². The standard InChI is InChI=1S/C10H10ClNO2/c1-13-10-7-4-6(11)2-3-8(7)14-9(10)5-12/h2-4H,5,12H2,1H3. The molecule has 0 saturated heterocycles. The first-order valence-electron chi connectivity index (χ1n) is 4.21. The molecule has 0 unspecified atom stereocenters. The van der Waals surface area contributed by atoms with Gasteiger partial charge in [-0.15, -0.1) is 0 Å². The second-order valence-electron chi connectivity index (χ2n) is 2.90. The second kappa shape index (κ2) is 3.52. The molecule has 1 heterocycles. The fourth-order valence-electron chi connectivity index (χ4n) is 1.46. The fourth-order valence-corrected chi connectivity index (χ4v) is 1.63. The molecule has 1 aromatic heterocycles. The Hall–Kier alpha value is -1.19. The van der Waals surface area contributed by atoms with E-state index in [-0.39, 0.29) is 0 Å². The molecule has 0 atom stereocenters. The van der Waals surface area contributed by atoms with Crippen molar-refractivity contribution in [2.75, 3.05) is 7.11 Å². The number of nitrogens with two attached hydrogens (primary N) is 1. The lowest BCUT2D eigenvalue weighted by Crippen LogP contribution is -1.96. The van der Waals surface area contributed by atoms with Crippen LogP contribution in [-0.2, 0) is 6.54 Å². The van der Waals surface area contributed by atoms with E-state index in [4.69, 9.17) is 26.5 Å². The average Bonchev–Trinajstić information content (AvgIpc) is 2.54. The summed E-state index contributed by atoms with van der Waals surface area (Å²) in [5.74, 6) is 1.31. The number of halogens is 1. The largest absolute Gasteiger partial charge is 0.492 e. The van der Waals surface area contributed by atoms with E-state index in [2.05, 4.69) is 0 Å². The zero-order valence-corrected chi connectivity index (χ0v) is 8.47. The molecule has 1 aromatic carbocycles. The van der Waals surface area contributed by atoms with Gasteiger partial charge in [0.1, 0.15) is 5.58 Å². The Kier molecular flexibility index (Phi) is 2.35. The lowest BCUT2D eigenvalue weighted by atomic mass is 10.2. The van der Waals surface area contributed by atoms with E-state index in [0.29, 0.717) is 23.1 Å². The summed E-state index contributed by atoms with van der Waals surface area (Å²) in [7, 11) is 1.59. The number of hydrogen-bond donors (Lipinski definition) is 1. The van der Waals surface area contributed by atoms with Gasteiger partial charge in [0.15, 0.2) is 11.5 Å². The number of fused-ring (bicyclic) bond motifs is 1. The predicted octanol–water partition coefficient (Wildman–Crippen LogP) is 2.55. The van der Waals surface area contributed by atoms with Crippen LogP contribution in [0.1, 0.15) is 5.76 Å². The van der Waals surface area contributed by atoms with E-state index >= 15 is 0 Å². The Morgan fingerprint density at radius 2 is 2.29 bits per heavy atom. The van der Waals surface area contributed by atoms with E-state index in [9.17, 15) is 0 Å². The van der Waals surface area contributed by atoms with Crippen LogP contribution < -0.4 is 10.5 Å². The molecule has 0 amide bonds. The summed E-state index contributed by atoms with van der Waals surface area (Å²) in [5, 5.41) is 1.51. The maximum atomic E-state index is 5.87. The summed E-state index contributed by atoms with van der Waals surface area (Å²) in [4.78, 5) is 0. The first-order valence-corrected chi connectivity index (χ1v) is 4.59. The molecular formula is C10H10ClNO2. The maximum absolute atomic E-state index is 5.87.